The van der Waals surface area contributed by atoms with Crippen LogP contribution >= 0.6 is 0 Å². The summed E-state index contributed by atoms with van der Waals surface area (Å²) < 4.78 is 16.4. The number of hydrogen-bond acceptors (Lipinski definition) is 12. The summed E-state index contributed by atoms with van der Waals surface area (Å²) in [6.45, 7) is 4.06. The van der Waals surface area contributed by atoms with Crippen LogP contribution < -0.4 is 21.3 Å². The Morgan fingerprint density at radius 1 is 0.645 bits per heavy atom. The minimum Gasteiger partial charge on any atom is -0.452 e. The van der Waals surface area contributed by atoms with Crippen LogP contribution in [0.15, 0.2) is 121 Å². The average Bonchev–Trinajstić information content (AvgIpc) is 3.27. The van der Waals surface area contributed by atoms with Gasteiger partial charge in [0.25, 0.3) is 5.91 Å². The first kappa shape index (κ1) is 48.3. The Labute approximate surface area is 360 Å². The highest BCUT2D eigenvalue weighted by molar-refractivity contribution is 5.86. The third kappa shape index (κ3) is 15.9. The van der Waals surface area contributed by atoms with Gasteiger partial charge in [-0.2, -0.15) is 0 Å². The predicted molar refractivity (Wildman–Crippen MR) is 227 cm³/mol. The van der Waals surface area contributed by atoms with Crippen molar-refractivity contribution in [1.82, 2.24) is 21.3 Å². The molecule has 0 unspecified atom stereocenters. The SMILES string of the molecule is CC(C)(C)OC(=O)NCCC[C@H](NC(=O)OCc1ccccc1)C(=O)N[C@@H](CO)[C@@H](O)[C@@H](O)[C@H](O)C(=O)N[C@@H](CC(=O)OC(c1ccccc1)c1ccccc1)c1ccccc1. The highest BCUT2D eigenvalue weighted by Gasteiger charge is 2.38. The number of ether oxygens (including phenoxy) is 3. The smallest absolute Gasteiger partial charge is 0.408 e. The number of amides is 4. The van der Waals surface area contributed by atoms with Gasteiger partial charge in [-0.05, 0) is 55.9 Å². The molecule has 0 aliphatic rings. The van der Waals surface area contributed by atoms with Gasteiger partial charge in [-0.25, -0.2) is 9.59 Å². The molecule has 4 amide bonds. The standard InChI is InChI=1S/C46H56N4O12/c1-46(2,3)62-44(58)47-26-16-25-34(50-45(59)60-29-30-17-8-4-9-18-30)42(56)49-36(28-51)38(53)39(54)40(55)43(57)48-35(31-19-10-5-11-20-31)27-37(52)61-41(32-21-12-6-13-22-32)33-23-14-7-15-24-33/h4-15,17-24,34-36,38-41,51,53-55H,16,25-29H2,1-3H3,(H,47,58)(H,48,57)(H,49,56)(H,50,59)/t34-,35-,36-,38+,39+,40-/m0/s1. The Morgan fingerprint density at radius 3 is 1.71 bits per heavy atom. The number of rotatable bonds is 21. The summed E-state index contributed by atoms with van der Waals surface area (Å²) >= 11 is 0. The van der Waals surface area contributed by atoms with E-state index in [1.54, 1.807) is 81.4 Å². The van der Waals surface area contributed by atoms with Crippen molar-refractivity contribution >= 4 is 30.0 Å². The van der Waals surface area contributed by atoms with E-state index in [9.17, 15) is 44.4 Å². The van der Waals surface area contributed by atoms with E-state index >= 15 is 0 Å². The quantitative estimate of drug-likeness (QED) is 0.0340. The van der Waals surface area contributed by atoms with E-state index in [1.807, 2.05) is 60.7 Å². The minimum atomic E-state index is -2.32. The Morgan fingerprint density at radius 2 is 1.18 bits per heavy atom. The second kappa shape index (κ2) is 24.2. The van der Waals surface area contributed by atoms with E-state index in [0.29, 0.717) is 22.3 Å². The lowest BCUT2D eigenvalue weighted by molar-refractivity contribution is -0.149. The van der Waals surface area contributed by atoms with Crippen LogP contribution in [-0.2, 0) is 35.2 Å². The first-order valence-electron chi connectivity index (χ1n) is 20.2. The van der Waals surface area contributed by atoms with Crippen molar-refractivity contribution < 1.29 is 58.6 Å². The number of nitrogens with one attached hydrogen (secondary N) is 4. The number of aliphatic hydroxyl groups excluding tert-OH is 4. The summed E-state index contributed by atoms with van der Waals surface area (Å²) in [7, 11) is 0. The number of alkyl carbamates (subject to hydrolysis) is 2. The van der Waals surface area contributed by atoms with Gasteiger partial charge in [-0.15, -0.1) is 0 Å². The molecule has 0 saturated carbocycles. The van der Waals surface area contributed by atoms with Crippen molar-refractivity contribution in [1.29, 1.82) is 0 Å². The van der Waals surface area contributed by atoms with Crippen molar-refractivity contribution in [2.45, 2.75) is 94.8 Å². The zero-order valence-corrected chi connectivity index (χ0v) is 34.9. The van der Waals surface area contributed by atoms with E-state index < -0.39 is 84.7 Å². The molecule has 4 aromatic rings. The number of carbonyl (C=O) groups excluding carboxylic acids is 5. The fraction of sp³-hybridized carbons (Fsp3) is 0.370. The third-order valence-corrected chi connectivity index (χ3v) is 9.38. The van der Waals surface area contributed by atoms with E-state index in [0.717, 1.165) is 0 Å². The monoisotopic (exact) mass is 856 g/mol. The molecule has 0 fully saturated rings. The molecule has 332 valence electrons. The molecule has 0 heterocycles. The highest BCUT2D eigenvalue weighted by atomic mass is 16.6. The van der Waals surface area contributed by atoms with Crippen LogP contribution in [0, 0.1) is 0 Å². The van der Waals surface area contributed by atoms with Crippen molar-refractivity contribution in [3.63, 3.8) is 0 Å². The molecule has 0 bridgehead atoms. The van der Waals surface area contributed by atoms with E-state index in [1.165, 1.54) is 0 Å². The lowest BCUT2D eigenvalue weighted by Crippen LogP contribution is -2.59. The maximum Gasteiger partial charge on any atom is 0.408 e. The Kier molecular flexibility index (Phi) is 18.9. The van der Waals surface area contributed by atoms with Gasteiger partial charge in [0.15, 0.2) is 12.2 Å². The maximum atomic E-state index is 13.5. The third-order valence-electron chi connectivity index (χ3n) is 9.38. The zero-order chi connectivity index (χ0) is 45.1. The van der Waals surface area contributed by atoms with Crippen LogP contribution in [0.5, 0.6) is 0 Å². The lowest BCUT2D eigenvalue weighted by Gasteiger charge is -2.30. The fourth-order valence-electron chi connectivity index (χ4n) is 6.21. The van der Waals surface area contributed by atoms with Gasteiger partial charge in [0.1, 0.15) is 30.5 Å². The molecule has 4 aromatic carbocycles. The molecule has 8 N–H and O–H groups in total. The van der Waals surface area contributed by atoms with Crippen LogP contribution in [0.3, 0.4) is 0 Å². The highest BCUT2D eigenvalue weighted by Crippen LogP contribution is 2.28. The molecular formula is C46H56N4O12. The predicted octanol–water partition coefficient (Wildman–Crippen LogP) is 3.73. The molecule has 0 radical (unpaired) electrons. The fourth-order valence-corrected chi connectivity index (χ4v) is 6.21. The number of aliphatic hydroxyl groups is 4. The maximum absolute atomic E-state index is 13.5. The average molecular weight is 857 g/mol. The summed E-state index contributed by atoms with van der Waals surface area (Å²) in [5, 5.41) is 53.2. The second-order valence-corrected chi connectivity index (χ2v) is 15.4. The first-order chi connectivity index (χ1) is 29.6. The van der Waals surface area contributed by atoms with Gasteiger partial charge < -0.3 is 55.9 Å². The Bertz CT molecular complexity index is 1960. The molecule has 0 aliphatic heterocycles. The van der Waals surface area contributed by atoms with Gasteiger partial charge >= 0.3 is 18.2 Å². The van der Waals surface area contributed by atoms with Gasteiger partial charge in [0, 0.05) is 6.54 Å². The van der Waals surface area contributed by atoms with Crippen LogP contribution in [0.1, 0.15) is 74.4 Å². The van der Waals surface area contributed by atoms with Crippen molar-refractivity contribution in [3.8, 4) is 0 Å². The normalized spacial score (nSPS) is 14.2. The van der Waals surface area contributed by atoms with Crippen LogP contribution in [-0.4, -0.2) is 99.5 Å². The lowest BCUT2D eigenvalue weighted by atomic mass is 9.98. The summed E-state index contributed by atoms with van der Waals surface area (Å²) in [4.78, 5) is 65.5. The Balaban J connectivity index is 1.42. The minimum absolute atomic E-state index is 0.0494. The second-order valence-electron chi connectivity index (χ2n) is 15.4. The van der Waals surface area contributed by atoms with Gasteiger partial charge in [-0.1, -0.05) is 121 Å². The van der Waals surface area contributed by atoms with E-state index in [-0.39, 0.29) is 32.4 Å². The number of esters is 1. The summed E-state index contributed by atoms with van der Waals surface area (Å²) in [6, 6.07) is 31.3. The number of carbonyl (C=O) groups is 5. The molecular weight excluding hydrogens is 801 g/mol. The van der Waals surface area contributed by atoms with Crippen molar-refractivity contribution in [3.05, 3.63) is 144 Å². The van der Waals surface area contributed by atoms with Gasteiger partial charge in [0.2, 0.25) is 5.91 Å². The molecule has 0 spiro atoms. The molecule has 4 rings (SSSR count). The largest absolute Gasteiger partial charge is 0.452 e. The van der Waals surface area contributed by atoms with Gasteiger partial charge in [0.05, 0.1) is 25.1 Å². The molecule has 0 aromatic heterocycles. The molecule has 6 atom stereocenters. The van der Waals surface area contributed by atoms with Crippen LogP contribution in [0.2, 0.25) is 0 Å². The van der Waals surface area contributed by atoms with Crippen molar-refractivity contribution in [2.24, 2.45) is 0 Å². The van der Waals surface area contributed by atoms with E-state index in [4.69, 9.17) is 14.2 Å². The van der Waals surface area contributed by atoms with Gasteiger partial charge in [-0.3, -0.25) is 14.4 Å². The molecule has 0 saturated heterocycles. The molecule has 16 nitrogen and oxygen atoms in total. The first-order valence-corrected chi connectivity index (χ1v) is 20.2. The molecule has 62 heavy (non-hydrogen) atoms. The molecule has 0 aliphatic carbocycles. The van der Waals surface area contributed by atoms with Crippen molar-refractivity contribution in [2.75, 3.05) is 13.2 Å². The summed E-state index contributed by atoms with van der Waals surface area (Å²) in [5.74, 6) is -2.79. The summed E-state index contributed by atoms with van der Waals surface area (Å²) in [5.41, 5.74) is 1.83. The summed E-state index contributed by atoms with van der Waals surface area (Å²) in [6.07, 6.45) is -9.43. The number of hydrogen-bond donors (Lipinski definition) is 8. The Hall–Kier alpha value is -6.33. The van der Waals surface area contributed by atoms with E-state index in [2.05, 4.69) is 21.3 Å². The number of benzene rings is 4. The topological polar surface area (TPSA) is 242 Å². The van der Waals surface area contributed by atoms with Crippen LogP contribution in [0.4, 0.5) is 9.59 Å². The molecule has 16 heteroatoms. The van der Waals surface area contributed by atoms with Crippen LogP contribution in [0.25, 0.3) is 0 Å². The zero-order valence-electron chi connectivity index (χ0n) is 34.9.